The van der Waals surface area contributed by atoms with E-state index in [4.69, 9.17) is 5.11 Å². The second-order valence-electron chi connectivity index (χ2n) is 2.29. The second-order valence-corrected chi connectivity index (χ2v) is 3.14. The Balaban J connectivity index is 3.21. The molecule has 0 aromatic heterocycles. The van der Waals surface area contributed by atoms with Crippen LogP contribution in [0.1, 0.15) is 12.5 Å². The second kappa shape index (κ2) is 3.13. The molecule has 0 heterocycles. The lowest BCUT2D eigenvalue weighted by molar-refractivity contribution is 0.444. The third-order valence-corrected chi connectivity index (χ3v) is 2.16. The van der Waals surface area contributed by atoms with Crippen LogP contribution in [0.2, 0.25) is 0 Å². The van der Waals surface area contributed by atoms with Gasteiger partial charge in [0.25, 0.3) is 0 Å². The van der Waals surface area contributed by atoms with Gasteiger partial charge in [0.1, 0.15) is 11.5 Å². The van der Waals surface area contributed by atoms with E-state index in [1.54, 1.807) is 6.07 Å². The average Bonchev–Trinajstić information content (AvgIpc) is 1.97. The maximum atomic E-state index is 9.23. The third-order valence-electron chi connectivity index (χ3n) is 1.53. The van der Waals surface area contributed by atoms with Crippen molar-refractivity contribution in [2.24, 2.45) is 0 Å². The maximum absolute atomic E-state index is 9.23. The number of phenolic OH excluding ortho intramolecular Hbond substituents is 2. The van der Waals surface area contributed by atoms with Crippen LogP contribution < -0.4 is 0 Å². The Morgan fingerprint density at radius 2 is 1.91 bits per heavy atom. The van der Waals surface area contributed by atoms with Crippen LogP contribution in [0.25, 0.3) is 0 Å². The normalized spacial score (nSPS) is 10.0. The summed E-state index contributed by atoms with van der Waals surface area (Å²) in [6.45, 7) is 1.94. The van der Waals surface area contributed by atoms with E-state index in [2.05, 4.69) is 15.9 Å². The zero-order chi connectivity index (χ0) is 8.43. The molecule has 2 nitrogen and oxygen atoms in total. The Morgan fingerprint density at radius 3 is 2.45 bits per heavy atom. The van der Waals surface area contributed by atoms with Crippen molar-refractivity contribution in [3.8, 4) is 11.5 Å². The van der Waals surface area contributed by atoms with Gasteiger partial charge in [-0.3, -0.25) is 0 Å². The Morgan fingerprint density at radius 1 is 1.27 bits per heavy atom. The van der Waals surface area contributed by atoms with Gasteiger partial charge in [0.15, 0.2) is 0 Å². The van der Waals surface area contributed by atoms with E-state index in [0.29, 0.717) is 4.47 Å². The molecule has 0 amide bonds. The average molecular weight is 217 g/mol. The molecule has 3 heteroatoms. The number of aromatic hydroxyl groups is 2. The SMILES string of the molecule is CCc1cc(Br)c(O)cc1O. The number of phenols is 2. The minimum absolute atomic E-state index is 0.0692. The molecule has 0 atom stereocenters. The first-order valence-corrected chi connectivity index (χ1v) is 4.14. The third kappa shape index (κ3) is 1.66. The predicted octanol–water partition coefficient (Wildman–Crippen LogP) is 2.42. The first-order valence-electron chi connectivity index (χ1n) is 3.35. The number of hydrogen-bond donors (Lipinski definition) is 2. The van der Waals surface area contributed by atoms with Gasteiger partial charge in [-0.15, -0.1) is 0 Å². The molecule has 0 spiro atoms. The van der Waals surface area contributed by atoms with Gasteiger partial charge < -0.3 is 10.2 Å². The quantitative estimate of drug-likeness (QED) is 0.758. The summed E-state index contributed by atoms with van der Waals surface area (Å²) >= 11 is 3.16. The van der Waals surface area contributed by atoms with Crippen molar-refractivity contribution >= 4 is 15.9 Å². The molecule has 0 aliphatic rings. The molecular formula is C8H9BrO2. The van der Waals surface area contributed by atoms with Gasteiger partial charge in [0, 0.05) is 6.07 Å². The minimum atomic E-state index is 0.0692. The largest absolute Gasteiger partial charge is 0.508 e. The minimum Gasteiger partial charge on any atom is -0.508 e. The summed E-state index contributed by atoms with van der Waals surface area (Å²) in [4.78, 5) is 0. The van der Waals surface area contributed by atoms with Crippen molar-refractivity contribution in [2.75, 3.05) is 0 Å². The highest BCUT2D eigenvalue weighted by atomic mass is 79.9. The van der Waals surface area contributed by atoms with Crippen LogP contribution in [-0.4, -0.2) is 10.2 Å². The zero-order valence-corrected chi connectivity index (χ0v) is 7.72. The van der Waals surface area contributed by atoms with E-state index >= 15 is 0 Å². The summed E-state index contributed by atoms with van der Waals surface area (Å²) in [7, 11) is 0. The standard InChI is InChI=1S/C8H9BrO2/c1-2-5-3-6(9)8(11)4-7(5)10/h3-4,10-11H,2H2,1H3. The topological polar surface area (TPSA) is 40.5 Å². The van der Waals surface area contributed by atoms with Crippen LogP contribution in [0.4, 0.5) is 0 Å². The maximum Gasteiger partial charge on any atom is 0.133 e. The van der Waals surface area contributed by atoms with E-state index < -0.39 is 0 Å². The van der Waals surface area contributed by atoms with Crippen molar-refractivity contribution in [3.63, 3.8) is 0 Å². The molecule has 0 unspecified atom stereocenters. The Labute approximate surface area is 73.6 Å². The molecule has 11 heavy (non-hydrogen) atoms. The highest BCUT2D eigenvalue weighted by molar-refractivity contribution is 9.10. The van der Waals surface area contributed by atoms with Crippen LogP contribution in [0.5, 0.6) is 11.5 Å². The number of aryl methyl sites for hydroxylation is 1. The number of hydrogen-bond acceptors (Lipinski definition) is 2. The van der Waals surface area contributed by atoms with Gasteiger partial charge in [0.05, 0.1) is 4.47 Å². The molecule has 0 saturated carbocycles. The highest BCUT2D eigenvalue weighted by Gasteiger charge is 2.03. The van der Waals surface area contributed by atoms with Crippen LogP contribution in [-0.2, 0) is 6.42 Å². The lowest BCUT2D eigenvalue weighted by Gasteiger charge is -2.03. The van der Waals surface area contributed by atoms with Crippen LogP contribution >= 0.6 is 15.9 Å². The summed E-state index contributed by atoms with van der Waals surface area (Å²) in [5, 5.41) is 18.3. The fourth-order valence-corrected chi connectivity index (χ4v) is 1.27. The first-order chi connectivity index (χ1) is 5.15. The Hall–Kier alpha value is -0.700. The summed E-state index contributed by atoms with van der Waals surface area (Å²) in [6.07, 6.45) is 0.755. The molecular weight excluding hydrogens is 208 g/mol. The highest BCUT2D eigenvalue weighted by Crippen LogP contribution is 2.31. The number of benzene rings is 1. The van der Waals surface area contributed by atoms with Crippen LogP contribution in [0, 0.1) is 0 Å². The molecule has 0 bridgehead atoms. The van der Waals surface area contributed by atoms with Gasteiger partial charge in [-0.25, -0.2) is 0 Å². The molecule has 1 aromatic carbocycles. The monoisotopic (exact) mass is 216 g/mol. The van der Waals surface area contributed by atoms with Crippen molar-refractivity contribution in [1.29, 1.82) is 0 Å². The van der Waals surface area contributed by atoms with Gasteiger partial charge in [-0.05, 0) is 34.0 Å². The van der Waals surface area contributed by atoms with E-state index in [1.165, 1.54) is 6.07 Å². The van der Waals surface area contributed by atoms with E-state index in [9.17, 15) is 5.11 Å². The van der Waals surface area contributed by atoms with Crippen molar-refractivity contribution in [2.45, 2.75) is 13.3 Å². The lowest BCUT2D eigenvalue weighted by atomic mass is 10.1. The van der Waals surface area contributed by atoms with E-state index in [1.807, 2.05) is 6.92 Å². The van der Waals surface area contributed by atoms with Gasteiger partial charge in [-0.2, -0.15) is 0 Å². The fraction of sp³-hybridized carbons (Fsp3) is 0.250. The van der Waals surface area contributed by atoms with Crippen molar-refractivity contribution < 1.29 is 10.2 Å². The van der Waals surface area contributed by atoms with Gasteiger partial charge in [-0.1, -0.05) is 6.92 Å². The van der Waals surface area contributed by atoms with Crippen molar-refractivity contribution in [3.05, 3.63) is 22.2 Å². The Bertz CT molecular complexity index is 271. The van der Waals surface area contributed by atoms with Gasteiger partial charge >= 0.3 is 0 Å². The summed E-state index contributed by atoms with van der Waals surface area (Å²) in [5.41, 5.74) is 0.828. The molecule has 0 fully saturated rings. The number of halogens is 1. The Kier molecular flexibility index (Phi) is 2.39. The van der Waals surface area contributed by atoms with Crippen molar-refractivity contribution in [1.82, 2.24) is 0 Å². The summed E-state index contributed by atoms with van der Waals surface area (Å²) in [5.74, 6) is 0.216. The van der Waals surface area contributed by atoms with Crippen LogP contribution in [0.3, 0.4) is 0 Å². The van der Waals surface area contributed by atoms with Gasteiger partial charge in [0.2, 0.25) is 0 Å². The van der Waals surface area contributed by atoms with E-state index in [-0.39, 0.29) is 11.5 Å². The first kappa shape index (κ1) is 8.40. The molecule has 0 saturated heterocycles. The molecule has 1 aromatic rings. The molecule has 1 rings (SSSR count). The molecule has 0 aliphatic heterocycles. The summed E-state index contributed by atoms with van der Waals surface area (Å²) < 4.78 is 0.618. The molecule has 0 radical (unpaired) electrons. The lowest BCUT2D eigenvalue weighted by Crippen LogP contribution is -1.81. The molecule has 0 aliphatic carbocycles. The van der Waals surface area contributed by atoms with Crippen LogP contribution in [0.15, 0.2) is 16.6 Å². The summed E-state index contributed by atoms with van der Waals surface area (Å²) in [6, 6.07) is 3.05. The van der Waals surface area contributed by atoms with E-state index in [0.717, 1.165) is 12.0 Å². The fourth-order valence-electron chi connectivity index (χ4n) is 0.875. The molecule has 60 valence electrons. The molecule has 2 N–H and O–H groups in total. The predicted molar refractivity (Wildman–Crippen MR) is 46.8 cm³/mol. The zero-order valence-electron chi connectivity index (χ0n) is 6.13. The number of rotatable bonds is 1. The smallest absolute Gasteiger partial charge is 0.133 e.